The number of hydrogen-bond acceptors (Lipinski definition) is 0. The average molecular weight is 280 g/mol. The van der Waals surface area contributed by atoms with Crippen LogP contribution in [-0.2, 0) is 17.4 Å². The van der Waals surface area contributed by atoms with Gasteiger partial charge in [0.1, 0.15) is 0 Å². The average Bonchev–Trinajstić information content (AvgIpc) is 2.49. The third-order valence-electron chi connectivity index (χ3n) is 2.33. The predicted molar refractivity (Wildman–Crippen MR) is 53.6 cm³/mol. The molecule has 0 spiro atoms. The van der Waals surface area contributed by atoms with E-state index < -0.39 is 0 Å². The largest absolute Gasteiger partial charge is 3.00 e. The van der Waals surface area contributed by atoms with E-state index in [0.29, 0.717) is 5.92 Å². The summed E-state index contributed by atoms with van der Waals surface area (Å²) in [6.07, 6.45) is 0. The Hall–Kier alpha value is -0.0575. The van der Waals surface area contributed by atoms with Crippen LogP contribution in [0.5, 0.6) is 0 Å². The van der Waals surface area contributed by atoms with Crippen LogP contribution in [0.15, 0.2) is 36.4 Å². The second-order valence-electron chi connectivity index (χ2n) is 3.53. The number of rotatable bonds is 1. The maximum atomic E-state index is 2.24. The summed E-state index contributed by atoms with van der Waals surface area (Å²) in [5.41, 5.74) is 1.46. The number of hydrogen-bond donors (Lipinski definition) is 0. The van der Waals surface area contributed by atoms with Crippen LogP contribution in [0, 0.1) is 0 Å². The molecule has 0 heterocycles. The van der Waals surface area contributed by atoms with Crippen molar-refractivity contribution in [3.8, 4) is 0 Å². The molecule has 0 saturated heterocycles. The molecule has 0 fully saturated rings. The van der Waals surface area contributed by atoms with Crippen LogP contribution in [0.1, 0.15) is 25.3 Å². The second kappa shape index (κ2) is 7.25. The molecular weight excluding hydrogens is 267 g/mol. The van der Waals surface area contributed by atoms with Crippen LogP contribution in [0.2, 0.25) is 0 Å². The fourth-order valence-corrected chi connectivity index (χ4v) is 1.69. The summed E-state index contributed by atoms with van der Waals surface area (Å²) < 4.78 is 0. The molecule has 0 aliphatic heterocycles. The van der Waals surface area contributed by atoms with E-state index >= 15 is 0 Å². The molecule has 0 saturated carbocycles. The van der Waals surface area contributed by atoms with E-state index in [1.54, 1.807) is 0 Å². The van der Waals surface area contributed by atoms with Crippen molar-refractivity contribution in [1.82, 2.24) is 0 Å². The van der Waals surface area contributed by atoms with Gasteiger partial charge in [0, 0.05) is 0 Å². The zero-order valence-corrected chi connectivity index (χ0v) is 11.5. The Kier molecular flexibility index (Phi) is 8.39. The fourth-order valence-electron chi connectivity index (χ4n) is 1.69. The van der Waals surface area contributed by atoms with Gasteiger partial charge in [-0.3, -0.25) is 0 Å². The van der Waals surface area contributed by atoms with E-state index in [2.05, 4.69) is 50.2 Å². The third kappa shape index (κ3) is 3.47. The third-order valence-corrected chi connectivity index (χ3v) is 2.33. The van der Waals surface area contributed by atoms with Crippen LogP contribution in [0.25, 0.3) is 10.8 Å². The first-order valence-corrected chi connectivity index (χ1v) is 4.43. The minimum absolute atomic E-state index is 0. The minimum atomic E-state index is 0. The van der Waals surface area contributed by atoms with Gasteiger partial charge in [-0.2, -0.15) is 12.1 Å². The van der Waals surface area contributed by atoms with Gasteiger partial charge in [0.15, 0.2) is 0 Å². The molecule has 15 heavy (non-hydrogen) atoms. The molecule has 1 radical (unpaired) electrons. The van der Waals surface area contributed by atoms with Gasteiger partial charge in [-0.05, 0) is 5.92 Å². The Balaban J connectivity index is 0. The summed E-state index contributed by atoms with van der Waals surface area (Å²) in [5.74, 6) is 0.621. The van der Waals surface area contributed by atoms with Crippen molar-refractivity contribution in [2.75, 3.05) is 0 Å². The number of fused-ring (bicyclic) bond motifs is 1. The van der Waals surface area contributed by atoms with E-state index in [9.17, 15) is 0 Å². The molecule has 0 aliphatic rings. The van der Waals surface area contributed by atoms with Gasteiger partial charge < -0.3 is 24.8 Å². The van der Waals surface area contributed by atoms with E-state index in [4.69, 9.17) is 0 Å². The van der Waals surface area contributed by atoms with Crippen molar-refractivity contribution in [2.24, 2.45) is 0 Å². The summed E-state index contributed by atoms with van der Waals surface area (Å²) in [6.45, 7) is 4.48. The van der Waals surface area contributed by atoms with Gasteiger partial charge in [-0.25, -0.2) is 0 Å². The molecule has 0 aliphatic carbocycles. The van der Waals surface area contributed by atoms with Crippen molar-refractivity contribution < 1.29 is 42.2 Å². The van der Waals surface area contributed by atoms with Crippen molar-refractivity contribution >= 4 is 10.8 Å². The standard InChI is InChI=1S/C12H13.2ClH.Cr/c1-9(2)11-7-3-5-10-6-4-8-12(10)11;;;/h3-9H,1-2H3;2*1H;/q-1;;;+3/p-2. The van der Waals surface area contributed by atoms with Gasteiger partial charge in [0.05, 0.1) is 0 Å². The Bertz CT molecular complexity index is 393. The Morgan fingerprint density at radius 2 is 1.73 bits per heavy atom. The van der Waals surface area contributed by atoms with Crippen molar-refractivity contribution in [3.63, 3.8) is 0 Å². The Morgan fingerprint density at radius 1 is 1.07 bits per heavy atom. The number of halogens is 2. The van der Waals surface area contributed by atoms with Crippen LogP contribution >= 0.6 is 0 Å². The maximum Gasteiger partial charge on any atom is 3.00 e. The van der Waals surface area contributed by atoms with Gasteiger partial charge in [-0.1, -0.05) is 25.5 Å². The first kappa shape index (κ1) is 17.3. The molecule has 0 N–H and O–H groups in total. The molecule has 0 unspecified atom stereocenters. The van der Waals surface area contributed by atoms with Gasteiger partial charge >= 0.3 is 17.4 Å². The van der Waals surface area contributed by atoms with E-state index in [-0.39, 0.29) is 42.2 Å². The molecule has 2 aromatic rings. The van der Waals surface area contributed by atoms with Crippen LogP contribution in [-0.4, -0.2) is 0 Å². The smallest absolute Gasteiger partial charge is 1.00 e. The molecule has 0 bridgehead atoms. The van der Waals surface area contributed by atoms with Gasteiger partial charge in [0.25, 0.3) is 0 Å². The normalized spacial score (nSPS) is 9.00. The molecule has 0 amide bonds. The Morgan fingerprint density at radius 3 is 2.33 bits per heavy atom. The summed E-state index contributed by atoms with van der Waals surface area (Å²) >= 11 is 0. The summed E-state index contributed by atoms with van der Waals surface area (Å²) in [6, 6.07) is 13.0. The van der Waals surface area contributed by atoms with Crippen molar-refractivity contribution in [1.29, 1.82) is 0 Å². The summed E-state index contributed by atoms with van der Waals surface area (Å²) in [7, 11) is 0. The first-order chi connectivity index (χ1) is 5.79. The first-order valence-electron chi connectivity index (χ1n) is 4.43. The zero-order chi connectivity index (χ0) is 8.55. The predicted octanol–water partition coefficient (Wildman–Crippen LogP) is -2.31. The molecule has 0 nitrogen and oxygen atoms in total. The quantitative estimate of drug-likeness (QED) is 0.515. The minimum Gasteiger partial charge on any atom is -1.00 e. The fraction of sp³-hybridized carbons (Fsp3) is 0.250. The van der Waals surface area contributed by atoms with Crippen LogP contribution in [0.4, 0.5) is 0 Å². The SMILES string of the molecule is CC(C)c1cccc2[cH-]ccc12.[Cl-].[Cl-].[Cr+3]. The van der Waals surface area contributed by atoms with Crippen LogP contribution in [0.3, 0.4) is 0 Å². The van der Waals surface area contributed by atoms with Gasteiger partial charge in [0.2, 0.25) is 0 Å². The van der Waals surface area contributed by atoms with Crippen LogP contribution < -0.4 is 24.8 Å². The van der Waals surface area contributed by atoms with Crippen molar-refractivity contribution in [2.45, 2.75) is 19.8 Å². The van der Waals surface area contributed by atoms with Crippen molar-refractivity contribution in [3.05, 3.63) is 42.0 Å². The molecule has 2 rings (SSSR count). The maximum absolute atomic E-state index is 2.24. The second-order valence-corrected chi connectivity index (χ2v) is 3.53. The van der Waals surface area contributed by atoms with E-state index in [1.807, 2.05) is 0 Å². The van der Waals surface area contributed by atoms with E-state index in [1.165, 1.54) is 16.3 Å². The molecular formula is C12H13Cl2Cr. The van der Waals surface area contributed by atoms with E-state index in [0.717, 1.165) is 0 Å². The molecule has 0 atom stereocenters. The van der Waals surface area contributed by atoms with Gasteiger partial charge in [-0.15, -0.1) is 29.0 Å². The molecule has 81 valence electrons. The number of benzene rings is 1. The summed E-state index contributed by atoms with van der Waals surface area (Å²) in [4.78, 5) is 0. The molecule has 0 aromatic heterocycles. The zero-order valence-electron chi connectivity index (χ0n) is 8.71. The molecule has 2 aromatic carbocycles. The monoisotopic (exact) mass is 279 g/mol. The molecule has 3 heteroatoms. The Labute approximate surface area is 114 Å². The topological polar surface area (TPSA) is 0 Å². The summed E-state index contributed by atoms with van der Waals surface area (Å²) in [5, 5.41) is 2.77.